The Labute approximate surface area is 41.4 Å². The predicted octanol–water partition coefficient (Wildman–Crippen LogP) is -1.62. The molecule has 1 saturated heterocycles. The number of amides is 1. The summed E-state index contributed by atoms with van der Waals surface area (Å²) in [5.74, 6) is 0. The zero-order valence-electron chi connectivity index (χ0n) is 3.77. The maximum Gasteiger partial charge on any atom is 0.328 e. The molecule has 1 aliphatic heterocycles. The predicted molar refractivity (Wildman–Crippen MR) is 23.5 cm³/mol. The van der Waals surface area contributed by atoms with Crippen LogP contribution in [0.3, 0.4) is 0 Å². The second-order valence-corrected chi connectivity index (χ2v) is 1.28. The van der Waals surface area contributed by atoms with Crippen molar-refractivity contribution in [3.8, 4) is 0 Å². The van der Waals surface area contributed by atoms with Crippen LogP contribution in [-0.4, -0.2) is 24.5 Å². The van der Waals surface area contributed by atoms with E-state index in [0.29, 0.717) is 6.54 Å². The summed E-state index contributed by atoms with van der Waals surface area (Å²) in [6, 6.07) is 0. The first-order valence-corrected chi connectivity index (χ1v) is 2.07. The molecule has 1 heterocycles. The fourth-order valence-corrected chi connectivity index (χ4v) is 0.443. The van der Waals surface area contributed by atoms with Gasteiger partial charge in [-0.1, -0.05) is 0 Å². The zero-order chi connectivity index (χ0) is 5.11. The summed E-state index contributed by atoms with van der Waals surface area (Å²) in [7, 11) is 0. The highest BCUT2D eigenvalue weighted by molar-refractivity contribution is 5.47. The van der Waals surface area contributed by atoms with Crippen LogP contribution in [0.4, 0.5) is 0 Å². The fraction of sp³-hybridized carbons (Fsp3) is 0.667. The zero-order valence-corrected chi connectivity index (χ0v) is 3.77. The van der Waals surface area contributed by atoms with Crippen LogP contribution in [-0.2, 0) is 4.79 Å². The molecule has 0 bridgehead atoms. The first-order valence-electron chi connectivity index (χ1n) is 2.07. The second-order valence-electron chi connectivity index (χ2n) is 1.28. The summed E-state index contributed by atoms with van der Waals surface area (Å²) in [6.07, 6.45) is 1.67. The Morgan fingerprint density at radius 1 is 1.71 bits per heavy atom. The van der Waals surface area contributed by atoms with Gasteiger partial charge in [0.1, 0.15) is 0 Å². The van der Waals surface area contributed by atoms with E-state index in [-0.39, 0.29) is 0 Å². The van der Waals surface area contributed by atoms with Crippen LogP contribution in [0.15, 0.2) is 0 Å². The maximum absolute atomic E-state index is 9.71. The van der Waals surface area contributed by atoms with Crippen LogP contribution < -0.4 is 11.0 Å². The minimum atomic E-state index is 0.698. The quantitative estimate of drug-likeness (QED) is 0.416. The van der Waals surface area contributed by atoms with Crippen molar-refractivity contribution in [2.24, 2.45) is 0 Å². The second kappa shape index (κ2) is 1.90. The largest absolute Gasteiger partial charge is 0.328 e. The monoisotopic (exact) mass is 100 g/mol. The molecule has 0 aliphatic carbocycles. The highest BCUT2D eigenvalue weighted by Crippen LogP contribution is 1.76. The third-order valence-electron chi connectivity index (χ3n) is 0.785. The maximum atomic E-state index is 9.71. The minimum absolute atomic E-state index is 0.698. The average molecular weight is 100 g/mol. The third-order valence-corrected chi connectivity index (χ3v) is 0.785. The number of nitrogens with one attached hydrogen (secondary N) is 2. The summed E-state index contributed by atoms with van der Waals surface area (Å²) in [5, 5.41) is 1.32. The molecular formula is C3H6N3O. The molecule has 7 heavy (non-hydrogen) atoms. The van der Waals surface area contributed by atoms with Gasteiger partial charge in [0.15, 0.2) is 0 Å². The molecule has 0 aromatic rings. The lowest BCUT2D eigenvalue weighted by Gasteiger charge is -2.01. The molecule has 1 rings (SSSR count). The van der Waals surface area contributed by atoms with Gasteiger partial charge in [-0.15, -0.1) is 0 Å². The Morgan fingerprint density at radius 3 is 2.86 bits per heavy atom. The van der Waals surface area contributed by atoms with Crippen LogP contribution in [0.5, 0.6) is 0 Å². The van der Waals surface area contributed by atoms with Gasteiger partial charge in [-0.2, -0.15) is 5.53 Å². The molecule has 4 heteroatoms. The molecule has 39 valence electrons. The average Bonchev–Trinajstić information content (AvgIpc) is 2.14. The van der Waals surface area contributed by atoms with E-state index in [1.807, 2.05) is 0 Å². The number of rotatable bonds is 1. The van der Waals surface area contributed by atoms with E-state index in [1.54, 1.807) is 6.41 Å². The number of hydrogen-bond acceptors (Lipinski definition) is 3. The van der Waals surface area contributed by atoms with Crippen molar-refractivity contribution in [2.45, 2.75) is 0 Å². The highest BCUT2D eigenvalue weighted by Gasteiger charge is 2.05. The van der Waals surface area contributed by atoms with Crippen molar-refractivity contribution in [1.29, 1.82) is 0 Å². The van der Waals surface area contributed by atoms with Gasteiger partial charge in [0.25, 0.3) is 0 Å². The summed E-state index contributed by atoms with van der Waals surface area (Å²) >= 11 is 0. The van der Waals surface area contributed by atoms with Crippen molar-refractivity contribution < 1.29 is 4.79 Å². The van der Waals surface area contributed by atoms with Gasteiger partial charge in [-0.3, -0.25) is 9.80 Å². The number of carbonyl (C=O) groups excluding carboxylic acids is 1. The SMILES string of the molecule is O=[C]N1CCNN1. The fourth-order valence-electron chi connectivity index (χ4n) is 0.443. The van der Waals surface area contributed by atoms with Crippen LogP contribution in [0, 0.1) is 0 Å². The molecular weight excluding hydrogens is 94.1 g/mol. The van der Waals surface area contributed by atoms with Crippen molar-refractivity contribution >= 4 is 6.41 Å². The van der Waals surface area contributed by atoms with E-state index in [9.17, 15) is 4.79 Å². The molecule has 2 N–H and O–H groups in total. The topological polar surface area (TPSA) is 44.4 Å². The first kappa shape index (κ1) is 4.55. The van der Waals surface area contributed by atoms with Gasteiger partial charge in [0.2, 0.25) is 0 Å². The summed E-state index contributed by atoms with van der Waals surface area (Å²) in [5.41, 5.74) is 5.30. The Kier molecular flexibility index (Phi) is 1.24. The molecule has 0 spiro atoms. The molecule has 0 saturated carbocycles. The minimum Gasteiger partial charge on any atom is -0.262 e. The van der Waals surface area contributed by atoms with Crippen LogP contribution >= 0.6 is 0 Å². The van der Waals surface area contributed by atoms with Gasteiger partial charge >= 0.3 is 6.41 Å². The van der Waals surface area contributed by atoms with E-state index >= 15 is 0 Å². The Bertz CT molecular complexity index is 68.6. The standard InChI is InChI=1S/C3H6N3O/c7-3-6-2-1-4-5-6/h4-5H,1-2H2. The number of nitrogens with zero attached hydrogens (tertiary/aromatic N) is 1. The van der Waals surface area contributed by atoms with Crippen LogP contribution in [0.25, 0.3) is 0 Å². The van der Waals surface area contributed by atoms with Crippen molar-refractivity contribution in [3.05, 3.63) is 0 Å². The van der Waals surface area contributed by atoms with E-state index in [2.05, 4.69) is 11.0 Å². The molecule has 4 nitrogen and oxygen atoms in total. The van der Waals surface area contributed by atoms with E-state index in [4.69, 9.17) is 0 Å². The van der Waals surface area contributed by atoms with Crippen molar-refractivity contribution in [1.82, 2.24) is 16.0 Å². The van der Waals surface area contributed by atoms with Gasteiger partial charge in [0.05, 0.1) is 6.54 Å². The summed E-state index contributed by atoms with van der Waals surface area (Å²) in [6.45, 7) is 1.50. The van der Waals surface area contributed by atoms with Crippen molar-refractivity contribution in [2.75, 3.05) is 13.1 Å². The molecule has 1 aliphatic rings. The van der Waals surface area contributed by atoms with Gasteiger partial charge in [0, 0.05) is 6.54 Å². The lowest BCUT2D eigenvalue weighted by molar-refractivity contribution is 0.340. The lowest BCUT2D eigenvalue weighted by atomic mass is 10.7. The summed E-state index contributed by atoms with van der Waals surface area (Å²) < 4.78 is 0. The Balaban J connectivity index is 2.26. The van der Waals surface area contributed by atoms with E-state index in [1.165, 1.54) is 5.01 Å². The Hall–Kier alpha value is -0.610. The molecule has 0 aromatic carbocycles. The smallest absolute Gasteiger partial charge is 0.262 e. The molecule has 1 fully saturated rings. The molecule has 0 aromatic heterocycles. The van der Waals surface area contributed by atoms with Crippen LogP contribution in [0.2, 0.25) is 0 Å². The Morgan fingerprint density at radius 2 is 2.57 bits per heavy atom. The van der Waals surface area contributed by atoms with Gasteiger partial charge < -0.3 is 0 Å². The summed E-state index contributed by atoms with van der Waals surface area (Å²) in [4.78, 5) is 9.71. The first-order chi connectivity index (χ1) is 3.43. The number of hydrogen-bond donors (Lipinski definition) is 2. The molecule has 0 atom stereocenters. The molecule has 0 unspecified atom stereocenters. The van der Waals surface area contributed by atoms with Crippen LogP contribution in [0.1, 0.15) is 0 Å². The highest BCUT2D eigenvalue weighted by atomic mass is 16.2. The van der Waals surface area contributed by atoms with E-state index in [0.717, 1.165) is 6.54 Å². The lowest BCUT2D eigenvalue weighted by Crippen LogP contribution is -2.34. The molecule has 1 amide bonds. The van der Waals surface area contributed by atoms with Gasteiger partial charge in [-0.05, 0) is 0 Å². The van der Waals surface area contributed by atoms with Crippen molar-refractivity contribution in [3.63, 3.8) is 0 Å². The van der Waals surface area contributed by atoms with Gasteiger partial charge in [-0.25, -0.2) is 5.43 Å². The normalized spacial score (nSPS) is 20.3. The van der Waals surface area contributed by atoms with E-state index < -0.39 is 0 Å². The number of hydrazine groups is 2. The third kappa shape index (κ3) is 0.880. The molecule has 1 radical (unpaired) electrons.